The number of nitrogens with two attached hydrogens (primary N) is 1. The Labute approximate surface area is 162 Å². The average molecular weight is 407 g/mol. The van der Waals surface area contributed by atoms with E-state index in [-0.39, 0.29) is 11.1 Å². The molecule has 0 heterocycles. The summed E-state index contributed by atoms with van der Waals surface area (Å²) in [5, 5.41) is 60.7. The van der Waals surface area contributed by atoms with Gasteiger partial charge < -0.3 is 47.0 Å². The van der Waals surface area contributed by atoms with Crippen LogP contribution in [0.5, 0.6) is 34.5 Å². The van der Waals surface area contributed by atoms with Crippen molar-refractivity contribution in [3.05, 3.63) is 35.4 Å². The molecule has 3 amide bonds. The van der Waals surface area contributed by atoms with Gasteiger partial charge in [-0.05, 0) is 24.3 Å². The molecular formula is C17H17N3O9. The summed E-state index contributed by atoms with van der Waals surface area (Å²) in [4.78, 5) is 35.8. The van der Waals surface area contributed by atoms with Crippen molar-refractivity contribution in [2.45, 2.75) is 6.04 Å². The molecule has 0 saturated heterocycles. The highest BCUT2D eigenvalue weighted by Crippen LogP contribution is 2.36. The van der Waals surface area contributed by atoms with Crippen molar-refractivity contribution in [3.8, 4) is 34.5 Å². The Morgan fingerprint density at radius 3 is 1.52 bits per heavy atom. The largest absolute Gasteiger partial charge is 0.504 e. The minimum Gasteiger partial charge on any atom is -0.504 e. The van der Waals surface area contributed by atoms with E-state index < -0.39 is 64.8 Å². The van der Waals surface area contributed by atoms with Gasteiger partial charge in [-0.15, -0.1) is 0 Å². The number of carbonyl (C=O) groups is 3. The van der Waals surface area contributed by atoms with Gasteiger partial charge in [0, 0.05) is 17.7 Å². The SMILES string of the molecule is NC(=O)C(CNC(=O)c1cc(O)c(O)c(O)c1)NC(=O)c1cc(O)c(O)c(O)c1. The number of hydrogen-bond donors (Lipinski definition) is 9. The number of benzene rings is 2. The van der Waals surface area contributed by atoms with Crippen molar-refractivity contribution in [1.82, 2.24) is 10.6 Å². The zero-order valence-corrected chi connectivity index (χ0v) is 14.6. The van der Waals surface area contributed by atoms with E-state index >= 15 is 0 Å². The molecule has 0 aliphatic carbocycles. The van der Waals surface area contributed by atoms with Crippen molar-refractivity contribution in [3.63, 3.8) is 0 Å². The van der Waals surface area contributed by atoms with Crippen LogP contribution in [0.15, 0.2) is 24.3 Å². The van der Waals surface area contributed by atoms with Gasteiger partial charge in [0.1, 0.15) is 6.04 Å². The van der Waals surface area contributed by atoms with Gasteiger partial charge in [-0.3, -0.25) is 14.4 Å². The highest BCUT2D eigenvalue weighted by Gasteiger charge is 2.22. The topological polar surface area (TPSA) is 223 Å². The fraction of sp³-hybridized carbons (Fsp3) is 0.118. The second-order valence-electron chi connectivity index (χ2n) is 5.86. The van der Waals surface area contributed by atoms with E-state index in [1.807, 2.05) is 0 Å². The second kappa shape index (κ2) is 8.12. The van der Waals surface area contributed by atoms with Crippen LogP contribution in [-0.4, -0.2) is 60.9 Å². The summed E-state index contributed by atoms with van der Waals surface area (Å²) in [6, 6.07) is 1.99. The summed E-state index contributed by atoms with van der Waals surface area (Å²) in [7, 11) is 0. The molecule has 0 bridgehead atoms. The molecule has 12 nitrogen and oxygen atoms in total. The first kappa shape index (κ1) is 21.0. The first-order valence-corrected chi connectivity index (χ1v) is 7.89. The van der Waals surface area contributed by atoms with Gasteiger partial charge in [-0.2, -0.15) is 0 Å². The van der Waals surface area contributed by atoms with Crippen LogP contribution < -0.4 is 16.4 Å². The lowest BCUT2D eigenvalue weighted by atomic mass is 10.1. The number of phenolic OH excluding ortho intramolecular Hbond substituents is 6. The van der Waals surface area contributed by atoms with Gasteiger partial charge in [0.25, 0.3) is 11.8 Å². The summed E-state index contributed by atoms with van der Waals surface area (Å²) in [6.45, 7) is -0.488. The van der Waals surface area contributed by atoms with E-state index in [1.165, 1.54) is 0 Å². The first-order valence-electron chi connectivity index (χ1n) is 7.89. The van der Waals surface area contributed by atoms with Crippen molar-refractivity contribution in [2.75, 3.05) is 6.54 Å². The van der Waals surface area contributed by atoms with Gasteiger partial charge >= 0.3 is 0 Å². The highest BCUT2D eigenvalue weighted by molar-refractivity contribution is 5.99. The van der Waals surface area contributed by atoms with Crippen LogP contribution >= 0.6 is 0 Å². The summed E-state index contributed by atoms with van der Waals surface area (Å²) in [5.41, 5.74) is 4.63. The lowest BCUT2D eigenvalue weighted by Crippen LogP contribution is -2.51. The predicted octanol–water partition coefficient (Wildman–Crippen LogP) is -1.07. The van der Waals surface area contributed by atoms with Crippen molar-refractivity contribution < 1.29 is 45.0 Å². The lowest BCUT2D eigenvalue weighted by Gasteiger charge is -2.17. The third-order valence-electron chi connectivity index (χ3n) is 3.78. The Morgan fingerprint density at radius 1 is 0.759 bits per heavy atom. The second-order valence-corrected chi connectivity index (χ2v) is 5.86. The number of hydrogen-bond acceptors (Lipinski definition) is 9. The zero-order valence-electron chi connectivity index (χ0n) is 14.6. The zero-order chi connectivity index (χ0) is 21.9. The lowest BCUT2D eigenvalue weighted by molar-refractivity contribution is -0.119. The van der Waals surface area contributed by atoms with E-state index in [9.17, 15) is 45.0 Å². The predicted molar refractivity (Wildman–Crippen MR) is 95.7 cm³/mol. The third kappa shape index (κ3) is 4.68. The summed E-state index contributed by atoms with van der Waals surface area (Å²) >= 11 is 0. The first-order chi connectivity index (χ1) is 13.5. The quantitative estimate of drug-likeness (QED) is 0.266. The van der Waals surface area contributed by atoms with E-state index in [0.717, 1.165) is 24.3 Å². The summed E-state index contributed by atoms with van der Waals surface area (Å²) in [6.07, 6.45) is 0. The number of rotatable bonds is 6. The Hall–Kier alpha value is -4.35. The van der Waals surface area contributed by atoms with Crippen LogP contribution in [0.4, 0.5) is 0 Å². The van der Waals surface area contributed by atoms with Gasteiger partial charge in [0.05, 0.1) is 0 Å². The molecule has 2 aromatic rings. The molecule has 1 unspecified atom stereocenters. The minimum absolute atomic E-state index is 0.249. The Bertz CT molecular complexity index is 944. The standard InChI is InChI=1S/C17H17N3O9/c18-15(27)8(20-17(29)7-3-11(23)14(26)12(24)4-7)5-19-16(28)6-1-9(21)13(25)10(22)2-6/h1-4,8,21-26H,5H2,(H2,18,27)(H,19,28)(H,20,29). The van der Waals surface area contributed by atoms with Crippen molar-refractivity contribution in [1.29, 1.82) is 0 Å². The van der Waals surface area contributed by atoms with E-state index in [1.54, 1.807) is 0 Å². The molecule has 2 aromatic carbocycles. The van der Waals surface area contributed by atoms with Crippen LogP contribution in [0.1, 0.15) is 20.7 Å². The van der Waals surface area contributed by atoms with Gasteiger partial charge in [0.15, 0.2) is 34.5 Å². The Kier molecular flexibility index (Phi) is 5.87. The van der Waals surface area contributed by atoms with Gasteiger partial charge in [-0.25, -0.2) is 0 Å². The molecule has 0 fully saturated rings. The number of nitrogens with one attached hydrogen (secondary N) is 2. The smallest absolute Gasteiger partial charge is 0.252 e. The van der Waals surface area contributed by atoms with E-state index in [4.69, 9.17) is 5.73 Å². The third-order valence-corrected chi connectivity index (χ3v) is 3.78. The molecule has 0 radical (unpaired) electrons. The van der Waals surface area contributed by atoms with E-state index in [0.29, 0.717) is 0 Å². The molecule has 0 aromatic heterocycles. The highest BCUT2D eigenvalue weighted by atomic mass is 16.3. The van der Waals surface area contributed by atoms with Crippen LogP contribution in [0, 0.1) is 0 Å². The van der Waals surface area contributed by atoms with Crippen molar-refractivity contribution >= 4 is 17.7 Å². The van der Waals surface area contributed by atoms with Crippen LogP contribution in [0.2, 0.25) is 0 Å². The normalized spacial score (nSPS) is 11.4. The fourth-order valence-corrected chi connectivity index (χ4v) is 2.23. The molecule has 0 spiro atoms. The number of primary amides is 1. The van der Waals surface area contributed by atoms with E-state index in [2.05, 4.69) is 10.6 Å². The van der Waals surface area contributed by atoms with Crippen LogP contribution in [-0.2, 0) is 4.79 Å². The molecule has 2 rings (SSSR count). The molecule has 1 atom stereocenters. The van der Waals surface area contributed by atoms with Gasteiger partial charge in [0.2, 0.25) is 5.91 Å². The van der Waals surface area contributed by atoms with Crippen LogP contribution in [0.25, 0.3) is 0 Å². The van der Waals surface area contributed by atoms with Crippen LogP contribution in [0.3, 0.4) is 0 Å². The molecule has 154 valence electrons. The maximum Gasteiger partial charge on any atom is 0.252 e. The monoisotopic (exact) mass is 407 g/mol. The maximum atomic E-state index is 12.2. The number of carbonyl (C=O) groups excluding carboxylic acids is 3. The number of phenols is 6. The molecule has 12 heteroatoms. The minimum atomic E-state index is -1.41. The molecule has 0 aliphatic rings. The Morgan fingerprint density at radius 2 is 1.14 bits per heavy atom. The number of amides is 3. The maximum absolute atomic E-state index is 12.2. The van der Waals surface area contributed by atoms with Gasteiger partial charge in [-0.1, -0.05) is 0 Å². The summed E-state index contributed by atoms with van der Waals surface area (Å²) < 4.78 is 0. The molecule has 0 saturated carbocycles. The number of aromatic hydroxyl groups is 6. The molecule has 29 heavy (non-hydrogen) atoms. The molecule has 10 N–H and O–H groups in total. The van der Waals surface area contributed by atoms with Crippen molar-refractivity contribution in [2.24, 2.45) is 5.73 Å². The molecule has 0 aliphatic heterocycles. The average Bonchev–Trinajstić information content (AvgIpc) is 2.65. The fourth-order valence-electron chi connectivity index (χ4n) is 2.23. The summed E-state index contributed by atoms with van der Waals surface area (Å²) in [5.74, 6) is -7.53. The Balaban J connectivity index is 2.10. The molecular weight excluding hydrogens is 390 g/mol.